The number of piperidine rings is 1. The molecule has 1 aromatic rings. The molecular formula is C17H24N2O3S. The van der Waals surface area contributed by atoms with Crippen molar-refractivity contribution in [1.29, 1.82) is 0 Å². The van der Waals surface area contributed by atoms with Crippen LogP contribution in [0, 0.1) is 19.8 Å². The first kappa shape index (κ1) is 16.5. The summed E-state index contributed by atoms with van der Waals surface area (Å²) in [6, 6.07) is 5.78. The van der Waals surface area contributed by atoms with Crippen LogP contribution in [0.4, 0.5) is 0 Å². The number of aryl methyl sites for hydroxylation is 2. The first-order valence-electron chi connectivity index (χ1n) is 8.25. The van der Waals surface area contributed by atoms with Gasteiger partial charge in [-0.3, -0.25) is 4.79 Å². The zero-order valence-electron chi connectivity index (χ0n) is 13.7. The van der Waals surface area contributed by atoms with Crippen LogP contribution in [0.25, 0.3) is 0 Å². The molecule has 2 fully saturated rings. The van der Waals surface area contributed by atoms with Gasteiger partial charge >= 0.3 is 0 Å². The molecule has 0 aromatic heterocycles. The number of carbonyl (C=O) groups excluding carboxylic acids is 1. The van der Waals surface area contributed by atoms with E-state index in [4.69, 9.17) is 0 Å². The molecule has 6 heteroatoms. The average molecular weight is 336 g/mol. The maximum absolute atomic E-state index is 13.0. The molecule has 0 unspecified atom stereocenters. The first-order chi connectivity index (χ1) is 10.9. The van der Waals surface area contributed by atoms with Gasteiger partial charge in [-0.15, -0.1) is 0 Å². The molecule has 1 saturated heterocycles. The van der Waals surface area contributed by atoms with Crippen LogP contribution < -0.4 is 5.32 Å². The van der Waals surface area contributed by atoms with Gasteiger partial charge in [0.2, 0.25) is 15.9 Å². The third-order valence-electron chi connectivity index (χ3n) is 4.64. The maximum Gasteiger partial charge on any atom is 0.243 e. The summed E-state index contributed by atoms with van der Waals surface area (Å²) in [6.07, 6.45) is 3.58. The number of carbonyl (C=O) groups is 1. The lowest BCUT2D eigenvalue weighted by molar-refractivity contribution is -0.126. The topological polar surface area (TPSA) is 66.5 Å². The highest BCUT2D eigenvalue weighted by Crippen LogP contribution is 2.27. The number of benzene rings is 1. The summed E-state index contributed by atoms with van der Waals surface area (Å²) in [4.78, 5) is 12.6. The van der Waals surface area contributed by atoms with E-state index in [-0.39, 0.29) is 18.4 Å². The summed E-state index contributed by atoms with van der Waals surface area (Å²) in [7, 11) is -3.54. The fourth-order valence-corrected chi connectivity index (χ4v) is 4.88. The Kier molecular flexibility index (Phi) is 4.47. The van der Waals surface area contributed by atoms with Crippen LogP contribution in [-0.4, -0.2) is 37.8 Å². The molecule has 1 aliphatic carbocycles. The molecule has 1 atom stereocenters. The molecule has 23 heavy (non-hydrogen) atoms. The molecule has 1 aromatic carbocycles. The van der Waals surface area contributed by atoms with E-state index in [2.05, 4.69) is 5.32 Å². The Morgan fingerprint density at radius 3 is 2.65 bits per heavy atom. The lowest BCUT2D eigenvalue weighted by Crippen LogP contribution is -2.45. The predicted octanol–water partition coefficient (Wildman–Crippen LogP) is 1.98. The second-order valence-electron chi connectivity index (χ2n) is 6.75. The summed E-state index contributed by atoms with van der Waals surface area (Å²) in [5.41, 5.74) is 1.68. The number of nitrogens with zero attached hydrogens (tertiary/aromatic N) is 1. The van der Waals surface area contributed by atoms with Gasteiger partial charge in [-0.1, -0.05) is 12.1 Å². The van der Waals surface area contributed by atoms with Gasteiger partial charge in [0.15, 0.2) is 0 Å². The van der Waals surface area contributed by atoms with Crippen molar-refractivity contribution >= 4 is 15.9 Å². The second kappa shape index (κ2) is 6.24. The number of hydrogen-bond acceptors (Lipinski definition) is 3. The molecule has 3 rings (SSSR count). The lowest BCUT2D eigenvalue weighted by Gasteiger charge is -2.31. The van der Waals surface area contributed by atoms with E-state index in [0.29, 0.717) is 17.5 Å². The van der Waals surface area contributed by atoms with Crippen molar-refractivity contribution in [3.63, 3.8) is 0 Å². The summed E-state index contributed by atoms with van der Waals surface area (Å²) >= 11 is 0. The quantitative estimate of drug-likeness (QED) is 0.914. The normalized spacial score (nSPS) is 22.8. The first-order valence-corrected chi connectivity index (χ1v) is 9.70. The van der Waals surface area contributed by atoms with Crippen LogP contribution in [0.2, 0.25) is 0 Å². The van der Waals surface area contributed by atoms with Gasteiger partial charge in [-0.25, -0.2) is 8.42 Å². The van der Waals surface area contributed by atoms with E-state index in [1.165, 1.54) is 4.31 Å². The molecule has 126 valence electrons. The minimum atomic E-state index is -3.54. The van der Waals surface area contributed by atoms with Crippen molar-refractivity contribution in [2.45, 2.75) is 50.5 Å². The minimum Gasteiger partial charge on any atom is -0.353 e. The molecule has 0 bridgehead atoms. The molecule has 0 radical (unpaired) electrons. The molecule has 1 amide bonds. The van der Waals surface area contributed by atoms with Crippen molar-refractivity contribution in [1.82, 2.24) is 9.62 Å². The number of nitrogens with one attached hydrogen (secondary N) is 1. The third kappa shape index (κ3) is 3.58. The van der Waals surface area contributed by atoms with E-state index in [0.717, 1.165) is 36.8 Å². The molecule has 1 saturated carbocycles. The van der Waals surface area contributed by atoms with Crippen LogP contribution in [0.1, 0.15) is 36.8 Å². The zero-order chi connectivity index (χ0) is 16.6. The van der Waals surface area contributed by atoms with Crippen LogP contribution in [-0.2, 0) is 14.8 Å². The minimum absolute atomic E-state index is 0.00774. The van der Waals surface area contributed by atoms with Crippen molar-refractivity contribution in [3.8, 4) is 0 Å². The fourth-order valence-electron chi connectivity index (χ4n) is 3.05. The van der Waals surface area contributed by atoms with E-state index in [1.807, 2.05) is 26.0 Å². The van der Waals surface area contributed by atoms with Gasteiger partial charge in [-0.2, -0.15) is 4.31 Å². The highest BCUT2D eigenvalue weighted by molar-refractivity contribution is 7.89. The second-order valence-corrected chi connectivity index (χ2v) is 8.66. The highest BCUT2D eigenvalue weighted by Gasteiger charge is 2.35. The Bertz CT molecular complexity index is 711. The Hall–Kier alpha value is -1.40. The van der Waals surface area contributed by atoms with E-state index in [1.54, 1.807) is 6.07 Å². The molecule has 1 heterocycles. The number of hydrogen-bond donors (Lipinski definition) is 1. The molecule has 1 aliphatic heterocycles. The molecule has 2 aliphatic rings. The predicted molar refractivity (Wildman–Crippen MR) is 88.6 cm³/mol. The third-order valence-corrected chi connectivity index (χ3v) is 6.65. The van der Waals surface area contributed by atoms with E-state index < -0.39 is 10.0 Å². The Morgan fingerprint density at radius 1 is 1.22 bits per heavy atom. The SMILES string of the molecule is Cc1ccc(C)c(S(=O)(=O)N2CCC[C@H](C(=O)NC3CC3)C2)c1. The highest BCUT2D eigenvalue weighted by atomic mass is 32.2. The van der Waals surface area contributed by atoms with E-state index >= 15 is 0 Å². The van der Waals surface area contributed by atoms with Gasteiger partial charge < -0.3 is 5.32 Å². The summed E-state index contributed by atoms with van der Waals surface area (Å²) in [5, 5.41) is 3.00. The van der Waals surface area contributed by atoms with Gasteiger partial charge in [0.25, 0.3) is 0 Å². The molecule has 1 N–H and O–H groups in total. The summed E-state index contributed by atoms with van der Waals surface area (Å²) in [5.74, 6) is -0.224. The van der Waals surface area contributed by atoms with Crippen molar-refractivity contribution < 1.29 is 13.2 Å². The van der Waals surface area contributed by atoms with Crippen molar-refractivity contribution in [2.75, 3.05) is 13.1 Å². The number of rotatable bonds is 4. The van der Waals surface area contributed by atoms with Crippen LogP contribution >= 0.6 is 0 Å². The van der Waals surface area contributed by atoms with Gasteiger partial charge in [0.1, 0.15) is 0 Å². The molecule has 0 spiro atoms. The Labute approximate surface area is 138 Å². The largest absolute Gasteiger partial charge is 0.353 e. The Morgan fingerprint density at radius 2 is 1.96 bits per heavy atom. The molecular weight excluding hydrogens is 312 g/mol. The Balaban J connectivity index is 1.79. The van der Waals surface area contributed by atoms with Crippen molar-refractivity contribution in [3.05, 3.63) is 29.3 Å². The monoisotopic (exact) mass is 336 g/mol. The summed E-state index contributed by atoms with van der Waals surface area (Å²) < 4.78 is 27.4. The zero-order valence-corrected chi connectivity index (χ0v) is 14.5. The maximum atomic E-state index is 13.0. The number of amides is 1. The van der Waals surface area contributed by atoms with Gasteiger partial charge in [0, 0.05) is 19.1 Å². The van der Waals surface area contributed by atoms with Gasteiger partial charge in [-0.05, 0) is 56.7 Å². The van der Waals surface area contributed by atoms with E-state index in [9.17, 15) is 13.2 Å². The lowest BCUT2D eigenvalue weighted by atomic mass is 9.99. The van der Waals surface area contributed by atoms with Crippen LogP contribution in [0.5, 0.6) is 0 Å². The summed E-state index contributed by atoms with van der Waals surface area (Å²) in [6.45, 7) is 4.48. The number of sulfonamides is 1. The molecule has 5 nitrogen and oxygen atoms in total. The van der Waals surface area contributed by atoms with Crippen LogP contribution in [0.3, 0.4) is 0 Å². The van der Waals surface area contributed by atoms with Gasteiger partial charge in [0.05, 0.1) is 10.8 Å². The fraction of sp³-hybridized carbons (Fsp3) is 0.588. The average Bonchev–Trinajstić information content (AvgIpc) is 3.33. The van der Waals surface area contributed by atoms with Crippen molar-refractivity contribution in [2.24, 2.45) is 5.92 Å². The van der Waals surface area contributed by atoms with Crippen LogP contribution in [0.15, 0.2) is 23.1 Å². The smallest absolute Gasteiger partial charge is 0.243 e. The standard InChI is InChI=1S/C17H24N2O3S/c1-12-5-6-13(2)16(10-12)23(21,22)19-9-3-4-14(11-19)17(20)18-15-7-8-15/h5-6,10,14-15H,3-4,7-9,11H2,1-2H3,(H,18,20)/t14-/m0/s1.